The second kappa shape index (κ2) is 4.35. The van der Waals surface area contributed by atoms with Crippen molar-refractivity contribution in [2.45, 2.75) is 51.0 Å². The summed E-state index contributed by atoms with van der Waals surface area (Å²) in [6.45, 7) is 7.58. The van der Waals surface area contributed by atoms with Crippen LogP contribution >= 0.6 is 0 Å². The zero-order valence-electron chi connectivity index (χ0n) is 13.6. The topological polar surface area (TPSA) is 31.9 Å². The van der Waals surface area contributed by atoms with Gasteiger partial charge in [0, 0.05) is 18.0 Å². The largest absolute Gasteiger partial charge is 0.345 e. The molecule has 2 fully saturated rings. The van der Waals surface area contributed by atoms with Gasteiger partial charge in [0.2, 0.25) is 0 Å². The lowest BCUT2D eigenvalue weighted by molar-refractivity contribution is 0.0291. The van der Waals surface area contributed by atoms with Crippen molar-refractivity contribution in [2.24, 2.45) is 11.8 Å². The zero-order valence-corrected chi connectivity index (χ0v) is 13.6. The molecule has 2 heterocycles. The van der Waals surface area contributed by atoms with Gasteiger partial charge in [0.25, 0.3) is 0 Å². The van der Waals surface area contributed by atoms with Crippen LogP contribution in [0.4, 0.5) is 0 Å². The number of hydrogen-bond acceptors (Lipinski definition) is 2. The molecule has 5 rings (SSSR count). The SMILES string of the molecule is C[C@H]1[C@H]2Cc3ccc4[nH]cnc4c3[C@]1(C)CCN2CC1CC1. The standard InChI is InChI=1S/C19H25N3/c1-12-16-9-14-5-6-15-18(21-11-20-15)17(14)19(12,2)7-8-22(16)10-13-3-4-13/h5-6,11-13,16H,3-4,7-10H2,1-2H3,(H,20,21)/t12-,16+,19+/m0/s1. The molecule has 1 saturated carbocycles. The molecule has 1 aliphatic heterocycles. The van der Waals surface area contributed by atoms with Crippen molar-refractivity contribution in [2.75, 3.05) is 13.1 Å². The van der Waals surface area contributed by atoms with E-state index in [2.05, 4.69) is 40.8 Å². The van der Waals surface area contributed by atoms with Gasteiger partial charge in [0.15, 0.2) is 0 Å². The van der Waals surface area contributed by atoms with Gasteiger partial charge < -0.3 is 4.98 Å². The summed E-state index contributed by atoms with van der Waals surface area (Å²) in [6, 6.07) is 5.30. The number of H-pyrrole nitrogens is 1. The Kier molecular flexibility index (Phi) is 2.59. The maximum atomic E-state index is 4.67. The van der Waals surface area contributed by atoms with Crippen molar-refractivity contribution in [3.8, 4) is 0 Å². The predicted molar refractivity (Wildman–Crippen MR) is 89.0 cm³/mol. The molecule has 0 spiro atoms. The van der Waals surface area contributed by atoms with Crippen LogP contribution in [0.15, 0.2) is 18.5 Å². The Morgan fingerprint density at radius 3 is 3.05 bits per heavy atom. The van der Waals surface area contributed by atoms with Crippen LogP contribution in [0.25, 0.3) is 11.0 Å². The van der Waals surface area contributed by atoms with Gasteiger partial charge >= 0.3 is 0 Å². The molecule has 22 heavy (non-hydrogen) atoms. The van der Waals surface area contributed by atoms with Gasteiger partial charge in [0.1, 0.15) is 0 Å². The third kappa shape index (κ3) is 1.69. The second-order valence-electron chi connectivity index (χ2n) is 8.06. The molecule has 0 unspecified atom stereocenters. The summed E-state index contributed by atoms with van der Waals surface area (Å²) < 4.78 is 0. The number of likely N-dealkylation sites (tertiary alicyclic amines) is 1. The first-order valence-corrected chi connectivity index (χ1v) is 8.86. The molecule has 1 aromatic heterocycles. The number of nitrogens with zero attached hydrogens (tertiary/aromatic N) is 2. The molecular formula is C19H25N3. The minimum absolute atomic E-state index is 0.285. The van der Waals surface area contributed by atoms with E-state index in [-0.39, 0.29) is 5.41 Å². The highest BCUT2D eigenvalue weighted by molar-refractivity contribution is 5.81. The summed E-state index contributed by atoms with van der Waals surface area (Å²) in [5.74, 6) is 1.71. The van der Waals surface area contributed by atoms with Crippen molar-refractivity contribution in [3.05, 3.63) is 29.6 Å². The Bertz CT molecular complexity index is 729. The molecule has 2 aromatic rings. The maximum absolute atomic E-state index is 4.67. The number of fused-ring (bicyclic) bond motifs is 6. The first-order valence-electron chi connectivity index (χ1n) is 8.86. The highest BCUT2D eigenvalue weighted by Gasteiger charge is 2.49. The first kappa shape index (κ1) is 13.1. The summed E-state index contributed by atoms with van der Waals surface area (Å²) in [7, 11) is 0. The van der Waals surface area contributed by atoms with Gasteiger partial charge in [0.05, 0.1) is 17.4 Å². The Morgan fingerprint density at radius 1 is 1.36 bits per heavy atom. The van der Waals surface area contributed by atoms with Crippen LogP contribution in [-0.2, 0) is 11.8 Å². The summed E-state index contributed by atoms with van der Waals surface area (Å²) in [5, 5.41) is 0. The van der Waals surface area contributed by atoms with Crippen molar-refractivity contribution < 1.29 is 0 Å². The lowest BCUT2D eigenvalue weighted by Gasteiger charge is -2.54. The summed E-state index contributed by atoms with van der Waals surface area (Å²) in [4.78, 5) is 10.8. The number of hydrogen-bond donors (Lipinski definition) is 1. The van der Waals surface area contributed by atoms with Crippen LogP contribution in [0.1, 0.15) is 44.2 Å². The molecule has 3 heteroatoms. The fraction of sp³-hybridized carbons (Fsp3) is 0.632. The second-order valence-corrected chi connectivity index (χ2v) is 8.06. The zero-order chi connectivity index (χ0) is 14.9. The van der Waals surface area contributed by atoms with E-state index in [1.807, 2.05) is 6.33 Å². The predicted octanol–water partition coefficient (Wildman–Crippen LogP) is 3.50. The van der Waals surface area contributed by atoms with E-state index in [9.17, 15) is 0 Å². The lowest BCUT2D eigenvalue weighted by Crippen LogP contribution is -2.58. The van der Waals surface area contributed by atoms with Crippen LogP contribution in [0.3, 0.4) is 0 Å². The molecule has 1 N–H and O–H groups in total. The third-order valence-corrected chi connectivity index (χ3v) is 6.84. The van der Waals surface area contributed by atoms with Crippen molar-refractivity contribution >= 4 is 11.0 Å². The monoisotopic (exact) mass is 295 g/mol. The number of aromatic amines is 1. The molecular weight excluding hydrogens is 270 g/mol. The van der Waals surface area contributed by atoms with Gasteiger partial charge in [-0.15, -0.1) is 0 Å². The van der Waals surface area contributed by atoms with E-state index in [0.717, 1.165) is 17.9 Å². The van der Waals surface area contributed by atoms with Crippen molar-refractivity contribution in [3.63, 3.8) is 0 Å². The summed E-state index contributed by atoms with van der Waals surface area (Å²) in [6.07, 6.45) is 7.25. The highest BCUT2D eigenvalue weighted by Crippen LogP contribution is 2.50. The van der Waals surface area contributed by atoms with Crippen LogP contribution in [0, 0.1) is 11.8 Å². The third-order valence-electron chi connectivity index (χ3n) is 6.84. The molecule has 2 aliphatic carbocycles. The average molecular weight is 295 g/mol. The number of nitrogens with one attached hydrogen (secondary N) is 1. The first-order chi connectivity index (χ1) is 10.7. The van der Waals surface area contributed by atoms with E-state index in [1.54, 1.807) is 11.1 Å². The number of piperidine rings is 1. The van der Waals surface area contributed by atoms with Gasteiger partial charge in [-0.05, 0) is 61.3 Å². The fourth-order valence-electron chi connectivity index (χ4n) is 5.11. The van der Waals surface area contributed by atoms with Crippen LogP contribution in [-0.4, -0.2) is 34.0 Å². The highest BCUT2D eigenvalue weighted by atomic mass is 15.2. The Balaban J connectivity index is 1.63. The maximum Gasteiger partial charge on any atom is 0.0932 e. The minimum Gasteiger partial charge on any atom is -0.345 e. The van der Waals surface area contributed by atoms with Gasteiger partial charge in [-0.2, -0.15) is 0 Å². The Hall–Kier alpha value is -1.35. The molecule has 3 atom stereocenters. The molecule has 1 saturated heterocycles. The number of aromatic nitrogens is 2. The number of rotatable bonds is 2. The molecule has 1 aromatic carbocycles. The van der Waals surface area contributed by atoms with E-state index < -0.39 is 0 Å². The molecule has 0 radical (unpaired) electrons. The molecule has 3 nitrogen and oxygen atoms in total. The number of imidazole rings is 1. The number of benzene rings is 1. The minimum atomic E-state index is 0.285. The van der Waals surface area contributed by atoms with Crippen LogP contribution < -0.4 is 0 Å². The van der Waals surface area contributed by atoms with E-state index >= 15 is 0 Å². The summed E-state index contributed by atoms with van der Waals surface area (Å²) in [5.41, 5.74) is 5.80. The normalized spacial score (nSPS) is 34.8. The quantitative estimate of drug-likeness (QED) is 0.919. The van der Waals surface area contributed by atoms with Crippen molar-refractivity contribution in [1.82, 2.24) is 14.9 Å². The van der Waals surface area contributed by atoms with Gasteiger partial charge in [-0.3, -0.25) is 4.90 Å². The molecule has 2 bridgehead atoms. The average Bonchev–Trinajstić information content (AvgIpc) is 3.19. The molecule has 0 amide bonds. The van der Waals surface area contributed by atoms with E-state index in [1.165, 1.54) is 49.8 Å². The van der Waals surface area contributed by atoms with Gasteiger partial charge in [-0.25, -0.2) is 4.98 Å². The fourth-order valence-corrected chi connectivity index (χ4v) is 5.11. The van der Waals surface area contributed by atoms with E-state index in [0.29, 0.717) is 0 Å². The Morgan fingerprint density at radius 2 is 2.23 bits per heavy atom. The smallest absolute Gasteiger partial charge is 0.0932 e. The van der Waals surface area contributed by atoms with Crippen LogP contribution in [0.5, 0.6) is 0 Å². The summed E-state index contributed by atoms with van der Waals surface area (Å²) >= 11 is 0. The van der Waals surface area contributed by atoms with Crippen LogP contribution in [0.2, 0.25) is 0 Å². The molecule has 3 aliphatic rings. The lowest BCUT2D eigenvalue weighted by atomic mass is 9.58. The van der Waals surface area contributed by atoms with Gasteiger partial charge in [-0.1, -0.05) is 19.9 Å². The molecule has 116 valence electrons. The Labute approximate surface area is 132 Å². The van der Waals surface area contributed by atoms with E-state index in [4.69, 9.17) is 0 Å². The van der Waals surface area contributed by atoms with Crippen molar-refractivity contribution in [1.29, 1.82) is 0 Å².